The molecular formula is C13H21N5O3. The Labute approximate surface area is 123 Å². The lowest BCUT2D eigenvalue weighted by atomic mass is 9.82. The molecule has 8 heteroatoms. The number of carboxylic acids is 1. The highest BCUT2D eigenvalue weighted by Crippen LogP contribution is 2.25. The zero-order chi connectivity index (χ0) is 16.0. The minimum atomic E-state index is -0.959. The Morgan fingerprint density at radius 3 is 2.24 bits per heavy atom. The van der Waals surface area contributed by atoms with E-state index in [4.69, 9.17) is 0 Å². The van der Waals surface area contributed by atoms with Gasteiger partial charge in [-0.25, -0.2) is 9.78 Å². The summed E-state index contributed by atoms with van der Waals surface area (Å²) in [7, 11) is 0. The predicted octanol–water partition coefficient (Wildman–Crippen LogP) is 1.50. The quantitative estimate of drug-likeness (QED) is 0.732. The Morgan fingerprint density at radius 2 is 1.76 bits per heavy atom. The van der Waals surface area contributed by atoms with Crippen LogP contribution in [0.5, 0.6) is 0 Å². The van der Waals surface area contributed by atoms with Gasteiger partial charge < -0.3 is 10.4 Å². The summed E-state index contributed by atoms with van der Waals surface area (Å²) in [4.78, 5) is 27.2. The van der Waals surface area contributed by atoms with E-state index in [1.54, 1.807) is 27.7 Å². The zero-order valence-electron chi connectivity index (χ0n) is 12.7. The third-order valence-electron chi connectivity index (χ3n) is 3.71. The molecule has 0 aromatic carbocycles. The highest BCUT2D eigenvalue weighted by Gasteiger charge is 2.35. The number of hydrogen-bond acceptors (Lipinski definition) is 5. The largest absolute Gasteiger partial charge is 0.481 e. The Hall–Kier alpha value is -2.25. The number of urea groups is 1. The van der Waals surface area contributed by atoms with E-state index in [0.29, 0.717) is 24.2 Å². The van der Waals surface area contributed by atoms with Crippen LogP contribution in [-0.2, 0) is 4.79 Å². The molecule has 21 heavy (non-hydrogen) atoms. The highest BCUT2D eigenvalue weighted by molar-refractivity contribution is 5.87. The van der Waals surface area contributed by atoms with Crippen molar-refractivity contribution in [3.05, 3.63) is 11.4 Å². The lowest BCUT2D eigenvalue weighted by molar-refractivity contribution is -0.149. The number of nitrogens with zero attached hydrogens (tertiary/aromatic N) is 3. The van der Waals surface area contributed by atoms with E-state index in [1.165, 1.54) is 0 Å². The van der Waals surface area contributed by atoms with E-state index >= 15 is 0 Å². The first-order valence-corrected chi connectivity index (χ1v) is 6.80. The first-order chi connectivity index (χ1) is 9.84. The second-order valence-electron chi connectivity index (χ2n) is 4.91. The number of carbonyl (C=O) groups is 2. The van der Waals surface area contributed by atoms with E-state index in [-0.39, 0.29) is 12.5 Å². The number of aliphatic carboxylic acids is 1. The summed E-state index contributed by atoms with van der Waals surface area (Å²) < 4.78 is 0. The summed E-state index contributed by atoms with van der Waals surface area (Å²) >= 11 is 0. The van der Waals surface area contributed by atoms with Crippen LogP contribution in [0.25, 0.3) is 0 Å². The van der Waals surface area contributed by atoms with Crippen molar-refractivity contribution in [3.8, 4) is 0 Å². The molecule has 0 fully saturated rings. The number of anilines is 1. The molecule has 0 unspecified atom stereocenters. The second kappa shape index (κ2) is 6.96. The van der Waals surface area contributed by atoms with E-state index in [9.17, 15) is 14.7 Å². The molecular weight excluding hydrogens is 274 g/mol. The lowest BCUT2D eigenvalue weighted by Gasteiger charge is -2.26. The van der Waals surface area contributed by atoms with Gasteiger partial charge in [0.25, 0.3) is 5.95 Å². The van der Waals surface area contributed by atoms with Gasteiger partial charge in [0.15, 0.2) is 0 Å². The monoisotopic (exact) mass is 295 g/mol. The molecule has 0 spiro atoms. The van der Waals surface area contributed by atoms with Crippen molar-refractivity contribution in [1.82, 2.24) is 20.5 Å². The minimum absolute atomic E-state index is 0.0411. The van der Waals surface area contributed by atoms with Gasteiger partial charge in [0, 0.05) is 6.54 Å². The minimum Gasteiger partial charge on any atom is -0.481 e. The molecule has 1 heterocycles. The summed E-state index contributed by atoms with van der Waals surface area (Å²) in [6, 6.07) is -0.549. The molecule has 3 N–H and O–H groups in total. The lowest BCUT2D eigenvalue weighted by Crippen LogP contribution is -2.43. The molecule has 1 rings (SSSR count). The number of rotatable bonds is 6. The van der Waals surface area contributed by atoms with Crippen molar-refractivity contribution in [3.63, 3.8) is 0 Å². The number of hydrogen-bond donors (Lipinski definition) is 3. The third kappa shape index (κ3) is 4.11. The number of aryl methyl sites for hydroxylation is 2. The molecule has 2 amide bonds. The molecule has 0 radical (unpaired) electrons. The Kier molecular flexibility index (Phi) is 5.57. The van der Waals surface area contributed by atoms with Crippen LogP contribution in [0.1, 0.15) is 38.1 Å². The molecule has 0 saturated heterocycles. The number of carboxylic acid groups (broad SMARTS) is 1. The summed E-state index contributed by atoms with van der Waals surface area (Å²) in [6.07, 6.45) is 0.863. The van der Waals surface area contributed by atoms with Gasteiger partial charge in [-0.05, 0) is 26.7 Å². The van der Waals surface area contributed by atoms with E-state index in [1.807, 2.05) is 0 Å². The molecule has 116 valence electrons. The summed E-state index contributed by atoms with van der Waals surface area (Å²) in [5, 5.41) is 21.9. The van der Waals surface area contributed by atoms with Crippen LogP contribution in [0.3, 0.4) is 0 Å². The van der Waals surface area contributed by atoms with Crippen molar-refractivity contribution in [2.24, 2.45) is 5.41 Å². The molecule has 0 bridgehead atoms. The average molecular weight is 295 g/mol. The number of nitrogens with one attached hydrogen (secondary N) is 2. The van der Waals surface area contributed by atoms with Gasteiger partial charge >= 0.3 is 12.0 Å². The maximum Gasteiger partial charge on any atom is 0.321 e. The van der Waals surface area contributed by atoms with Gasteiger partial charge in [0.1, 0.15) is 0 Å². The first kappa shape index (κ1) is 16.8. The number of aromatic nitrogens is 3. The molecule has 0 atom stereocenters. The fourth-order valence-electron chi connectivity index (χ4n) is 1.78. The number of carbonyl (C=O) groups excluding carboxylic acids is 1. The van der Waals surface area contributed by atoms with Crippen molar-refractivity contribution in [2.45, 2.75) is 40.5 Å². The molecule has 8 nitrogen and oxygen atoms in total. The molecule has 0 aliphatic carbocycles. The number of amides is 2. The van der Waals surface area contributed by atoms with E-state index in [2.05, 4.69) is 25.8 Å². The van der Waals surface area contributed by atoms with Crippen molar-refractivity contribution >= 4 is 17.9 Å². The second-order valence-corrected chi connectivity index (χ2v) is 4.91. The predicted molar refractivity (Wildman–Crippen MR) is 77.0 cm³/mol. The maximum absolute atomic E-state index is 11.8. The van der Waals surface area contributed by atoms with Gasteiger partial charge in [0.05, 0.1) is 16.8 Å². The van der Waals surface area contributed by atoms with Crippen LogP contribution in [0.15, 0.2) is 0 Å². The Morgan fingerprint density at radius 1 is 1.14 bits per heavy atom. The standard InChI is InChI=1S/C13H21N5O3/c1-5-13(6-2,10(19)20)7-14-12(21)16-11-15-8(3)9(4)17-18-11/h5-7H2,1-4H3,(H,19,20)(H2,14,15,16,18,21). The first-order valence-electron chi connectivity index (χ1n) is 6.80. The SMILES string of the molecule is CCC(CC)(CNC(=O)Nc1nnc(C)c(C)n1)C(=O)O. The highest BCUT2D eigenvalue weighted by atomic mass is 16.4. The van der Waals surface area contributed by atoms with Crippen molar-refractivity contribution in [1.29, 1.82) is 0 Å². The summed E-state index contributed by atoms with van der Waals surface area (Å²) in [5.41, 5.74) is 0.393. The smallest absolute Gasteiger partial charge is 0.321 e. The average Bonchev–Trinajstić information content (AvgIpc) is 2.44. The van der Waals surface area contributed by atoms with E-state index in [0.717, 1.165) is 0 Å². The Bertz CT molecular complexity index is 529. The van der Waals surface area contributed by atoms with Gasteiger partial charge in [0.2, 0.25) is 0 Å². The molecule has 1 aromatic heterocycles. The Balaban J connectivity index is 2.65. The molecule has 0 saturated carbocycles. The summed E-state index contributed by atoms with van der Waals surface area (Å²) in [6.45, 7) is 7.14. The van der Waals surface area contributed by atoms with Crippen LogP contribution in [-0.4, -0.2) is 38.8 Å². The van der Waals surface area contributed by atoms with Crippen LogP contribution in [0, 0.1) is 19.3 Å². The van der Waals surface area contributed by atoms with Crippen LogP contribution < -0.4 is 10.6 Å². The molecule has 0 aliphatic heterocycles. The van der Waals surface area contributed by atoms with Crippen molar-refractivity contribution in [2.75, 3.05) is 11.9 Å². The van der Waals surface area contributed by atoms with Crippen LogP contribution in [0.2, 0.25) is 0 Å². The maximum atomic E-state index is 11.8. The zero-order valence-corrected chi connectivity index (χ0v) is 12.7. The van der Waals surface area contributed by atoms with Gasteiger partial charge in [-0.3, -0.25) is 10.1 Å². The van der Waals surface area contributed by atoms with Gasteiger partial charge in [-0.15, -0.1) is 5.10 Å². The van der Waals surface area contributed by atoms with Gasteiger partial charge in [-0.1, -0.05) is 13.8 Å². The normalized spacial score (nSPS) is 11.0. The van der Waals surface area contributed by atoms with Crippen LogP contribution in [0.4, 0.5) is 10.7 Å². The fourth-order valence-corrected chi connectivity index (χ4v) is 1.78. The third-order valence-corrected chi connectivity index (χ3v) is 3.71. The topological polar surface area (TPSA) is 117 Å². The molecule has 0 aliphatic rings. The van der Waals surface area contributed by atoms with E-state index < -0.39 is 17.4 Å². The van der Waals surface area contributed by atoms with Crippen molar-refractivity contribution < 1.29 is 14.7 Å². The fraction of sp³-hybridized carbons (Fsp3) is 0.615. The molecule has 1 aromatic rings. The van der Waals surface area contributed by atoms with Crippen LogP contribution >= 0.6 is 0 Å². The summed E-state index contributed by atoms with van der Waals surface area (Å²) in [5.74, 6) is -0.832. The van der Waals surface area contributed by atoms with Gasteiger partial charge in [-0.2, -0.15) is 5.10 Å².